The van der Waals surface area contributed by atoms with Crippen LogP contribution < -0.4 is 4.74 Å². The average molecular weight is 275 g/mol. The molecular formula is C14H13NO3S. The molecule has 0 aliphatic heterocycles. The molecule has 2 aromatic rings. The zero-order chi connectivity index (χ0) is 13.8. The lowest BCUT2D eigenvalue weighted by molar-refractivity contribution is -0.384. The Morgan fingerprint density at radius 1 is 1.16 bits per heavy atom. The molecule has 2 aromatic carbocycles. The summed E-state index contributed by atoms with van der Waals surface area (Å²) >= 11 is 1.53. The van der Waals surface area contributed by atoms with Gasteiger partial charge in [0.1, 0.15) is 5.75 Å². The molecule has 0 saturated carbocycles. The van der Waals surface area contributed by atoms with Crippen molar-refractivity contribution in [2.45, 2.75) is 16.7 Å². The van der Waals surface area contributed by atoms with Crippen LogP contribution in [0, 0.1) is 17.0 Å². The molecule has 0 unspecified atom stereocenters. The first-order chi connectivity index (χ1) is 9.10. The first-order valence-electron chi connectivity index (χ1n) is 5.67. The highest BCUT2D eigenvalue weighted by Gasteiger charge is 2.08. The van der Waals surface area contributed by atoms with Gasteiger partial charge in [0.15, 0.2) is 0 Å². The Labute approximate surface area is 115 Å². The monoisotopic (exact) mass is 275 g/mol. The van der Waals surface area contributed by atoms with Crippen LogP contribution in [0.3, 0.4) is 0 Å². The van der Waals surface area contributed by atoms with Crippen LogP contribution in [0.5, 0.6) is 5.75 Å². The number of ether oxygens (including phenoxy) is 1. The number of rotatable bonds is 4. The zero-order valence-corrected chi connectivity index (χ0v) is 11.4. The minimum atomic E-state index is -0.401. The van der Waals surface area contributed by atoms with Gasteiger partial charge in [-0.05, 0) is 36.8 Å². The lowest BCUT2D eigenvalue weighted by atomic mass is 10.2. The number of nitrogens with zero attached hydrogens (tertiary/aromatic N) is 1. The van der Waals surface area contributed by atoms with Crippen molar-refractivity contribution in [3.05, 3.63) is 58.1 Å². The summed E-state index contributed by atoms with van der Waals surface area (Å²) < 4.78 is 5.31. The van der Waals surface area contributed by atoms with Crippen LogP contribution in [-0.2, 0) is 0 Å². The smallest absolute Gasteiger partial charge is 0.269 e. The number of benzene rings is 2. The fourth-order valence-electron chi connectivity index (χ4n) is 1.63. The molecular weight excluding hydrogens is 262 g/mol. The van der Waals surface area contributed by atoms with Gasteiger partial charge < -0.3 is 4.74 Å². The largest absolute Gasteiger partial charge is 0.496 e. The van der Waals surface area contributed by atoms with Gasteiger partial charge in [0.05, 0.1) is 16.9 Å². The highest BCUT2D eigenvalue weighted by molar-refractivity contribution is 7.99. The SMILES string of the molecule is COc1ccc(C)cc1Sc1ccc([N+](=O)[O-])cc1. The Kier molecular flexibility index (Phi) is 4.06. The number of nitro benzene ring substituents is 1. The van der Waals surface area contributed by atoms with E-state index in [1.165, 1.54) is 23.9 Å². The third-order valence-electron chi connectivity index (χ3n) is 2.59. The second-order valence-corrected chi connectivity index (χ2v) is 5.12. The lowest BCUT2D eigenvalue weighted by Crippen LogP contribution is -1.88. The maximum atomic E-state index is 10.6. The van der Waals surface area contributed by atoms with Crippen LogP contribution in [0.2, 0.25) is 0 Å². The number of non-ortho nitro benzene ring substituents is 1. The predicted octanol–water partition coefficient (Wildman–Crippen LogP) is 4.06. The van der Waals surface area contributed by atoms with Crippen molar-refractivity contribution in [2.24, 2.45) is 0 Å². The third-order valence-corrected chi connectivity index (χ3v) is 3.64. The van der Waals surface area contributed by atoms with E-state index in [0.29, 0.717) is 0 Å². The summed E-state index contributed by atoms with van der Waals surface area (Å²) in [5, 5.41) is 10.6. The highest BCUT2D eigenvalue weighted by atomic mass is 32.2. The minimum Gasteiger partial charge on any atom is -0.496 e. The molecule has 19 heavy (non-hydrogen) atoms. The number of nitro groups is 1. The third kappa shape index (κ3) is 3.26. The maximum absolute atomic E-state index is 10.6. The van der Waals surface area contributed by atoms with E-state index in [9.17, 15) is 10.1 Å². The maximum Gasteiger partial charge on any atom is 0.269 e. The minimum absolute atomic E-state index is 0.0977. The molecule has 4 nitrogen and oxygen atoms in total. The van der Waals surface area contributed by atoms with E-state index in [4.69, 9.17) is 4.74 Å². The number of hydrogen-bond acceptors (Lipinski definition) is 4. The normalized spacial score (nSPS) is 10.2. The summed E-state index contributed by atoms with van der Waals surface area (Å²) in [6, 6.07) is 12.4. The molecule has 0 aromatic heterocycles. The van der Waals surface area contributed by atoms with Crippen LogP contribution >= 0.6 is 11.8 Å². The second kappa shape index (κ2) is 5.75. The summed E-state index contributed by atoms with van der Waals surface area (Å²) in [5.41, 5.74) is 1.24. The molecule has 0 radical (unpaired) electrons. The molecule has 0 spiro atoms. The summed E-state index contributed by atoms with van der Waals surface area (Å²) in [4.78, 5) is 12.1. The summed E-state index contributed by atoms with van der Waals surface area (Å²) in [6.07, 6.45) is 0. The number of hydrogen-bond donors (Lipinski definition) is 0. The Balaban J connectivity index is 2.25. The van der Waals surface area contributed by atoms with E-state index in [2.05, 4.69) is 0 Å². The zero-order valence-electron chi connectivity index (χ0n) is 10.6. The van der Waals surface area contributed by atoms with Gasteiger partial charge in [-0.2, -0.15) is 0 Å². The molecule has 0 aliphatic rings. The van der Waals surface area contributed by atoms with Gasteiger partial charge in [-0.3, -0.25) is 10.1 Å². The van der Waals surface area contributed by atoms with Crippen molar-refractivity contribution in [3.8, 4) is 5.75 Å². The van der Waals surface area contributed by atoms with E-state index < -0.39 is 4.92 Å². The van der Waals surface area contributed by atoms with Crippen molar-refractivity contribution in [1.82, 2.24) is 0 Å². The highest BCUT2D eigenvalue weighted by Crippen LogP contribution is 2.35. The average Bonchev–Trinajstić information content (AvgIpc) is 2.39. The molecule has 5 heteroatoms. The predicted molar refractivity (Wildman–Crippen MR) is 75.0 cm³/mol. The van der Waals surface area contributed by atoms with E-state index in [0.717, 1.165) is 21.1 Å². The molecule has 0 heterocycles. The van der Waals surface area contributed by atoms with Crippen LogP contribution in [0.15, 0.2) is 52.3 Å². The van der Waals surface area contributed by atoms with Gasteiger partial charge in [0.2, 0.25) is 0 Å². The van der Waals surface area contributed by atoms with Crippen LogP contribution in [0.1, 0.15) is 5.56 Å². The van der Waals surface area contributed by atoms with Crippen LogP contribution in [0.4, 0.5) is 5.69 Å². The van der Waals surface area contributed by atoms with Gasteiger partial charge in [-0.25, -0.2) is 0 Å². The second-order valence-electron chi connectivity index (χ2n) is 4.01. The first-order valence-corrected chi connectivity index (χ1v) is 6.49. The Morgan fingerprint density at radius 3 is 2.42 bits per heavy atom. The number of methoxy groups -OCH3 is 1. The Hall–Kier alpha value is -2.01. The molecule has 0 amide bonds. The Bertz CT molecular complexity index is 596. The first kappa shape index (κ1) is 13.4. The van der Waals surface area contributed by atoms with E-state index >= 15 is 0 Å². The van der Waals surface area contributed by atoms with Gasteiger partial charge in [-0.1, -0.05) is 17.8 Å². The lowest BCUT2D eigenvalue weighted by Gasteiger charge is -2.08. The quantitative estimate of drug-likeness (QED) is 0.623. The molecule has 0 aliphatic carbocycles. The topological polar surface area (TPSA) is 52.4 Å². The molecule has 0 saturated heterocycles. The van der Waals surface area contributed by atoms with E-state index in [1.54, 1.807) is 19.2 Å². The molecule has 98 valence electrons. The van der Waals surface area contributed by atoms with E-state index in [-0.39, 0.29) is 5.69 Å². The molecule has 0 bridgehead atoms. The van der Waals surface area contributed by atoms with Crippen LogP contribution in [-0.4, -0.2) is 12.0 Å². The summed E-state index contributed by atoms with van der Waals surface area (Å²) in [7, 11) is 1.63. The fraction of sp³-hybridized carbons (Fsp3) is 0.143. The van der Waals surface area contributed by atoms with Crippen molar-refractivity contribution >= 4 is 17.4 Å². The fourth-order valence-corrected chi connectivity index (χ4v) is 2.65. The van der Waals surface area contributed by atoms with Gasteiger partial charge in [0.25, 0.3) is 5.69 Å². The van der Waals surface area contributed by atoms with Crippen molar-refractivity contribution in [1.29, 1.82) is 0 Å². The molecule has 0 fully saturated rings. The standard InChI is InChI=1S/C14H13NO3S/c1-10-3-8-13(18-2)14(9-10)19-12-6-4-11(5-7-12)15(16)17/h3-9H,1-2H3. The van der Waals surface area contributed by atoms with Gasteiger partial charge in [0, 0.05) is 17.0 Å². The van der Waals surface area contributed by atoms with E-state index in [1.807, 2.05) is 25.1 Å². The van der Waals surface area contributed by atoms with Crippen molar-refractivity contribution < 1.29 is 9.66 Å². The van der Waals surface area contributed by atoms with Gasteiger partial charge in [-0.15, -0.1) is 0 Å². The van der Waals surface area contributed by atoms with Crippen molar-refractivity contribution in [3.63, 3.8) is 0 Å². The Morgan fingerprint density at radius 2 is 1.84 bits per heavy atom. The summed E-state index contributed by atoms with van der Waals surface area (Å²) in [5.74, 6) is 0.800. The molecule has 2 rings (SSSR count). The number of aryl methyl sites for hydroxylation is 1. The molecule has 0 N–H and O–H groups in total. The summed E-state index contributed by atoms with van der Waals surface area (Å²) in [6.45, 7) is 2.01. The van der Waals surface area contributed by atoms with Gasteiger partial charge >= 0.3 is 0 Å². The van der Waals surface area contributed by atoms with Crippen LogP contribution in [0.25, 0.3) is 0 Å². The van der Waals surface area contributed by atoms with Crippen molar-refractivity contribution in [2.75, 3.05) is 7.11 Å². The molecule has 0 atom stereocenters.